The number of likely N-dealkylation sites (N-methyl/N-ethyl adjacent to an activating group) is 1. The molecule has 4 aromatic rings. The molecule has 4 aromatic carbocycles. The number of aliphatic carboxylic acids is 1. The molecule has 0 radical (unpaired) electrons. The number of carboxylic acid groups (broad SMARTS) is 1. The Balaban J connectivity index is 1.57. The van der Waals surface area contributed by atoms with Crippen LogP contribution in [0.5, 0.6) is 0 Å². The van der Waals surface area contributed by atoms with Gasteiger partial charge in [0.05, 0.1) is 25.3 Å². The summed E-state index contributed by atoms with van der Waals surface area (Å²) in [5.74, 6) is -1.44. The zero-order valence-corrected chi connectivity index (χ0v) is 36.3. The number of carboxylic acids is 1. The second-order valence-electron chi connectivity index (χ2n) is 15.7. The maximum absolute atomic E-state index is 12.6. The first-order chi connectivity index (χ1) is 28.2. The molecule has 0 saturated carbocycles. The standard InChI is InChI=1S/C43H50N2O12S3/c1-5-44-34-20-18-29-13-8-9-14-31(29)40(34)42(2,22-12-26-58(48,49)50)37(44)15-11-16-38-43(3,23-25-57-4)41-33-27-30(59(51,52)53)28-36(60(54,55)56)32(33)19-21-35(41)45(38)24-10-6-7-17-39(46)47/h8-9,11,13-16,18-21,27-28H,5-7,10,12,17,22-26H2,1-4H3,(H3-,46,47,48,49,50,51,52,53,54,55,56)/p-2. The Hall–Kier alpha value is -4.49. The molecule has 2 aliphatic heterocycles. The minimum absolute atomic E-state index is 0.0131. The number of methoxy groups -OCH3 is 1. The number of carbonyl (C=O) groups is 1. The summed E-state index contributed by atoms with van der Waals surface area (Å²) >= 11 is 0. The summed E-state index contributed by atoms with van der Waals surface area (Å²) in [5.41, 5.74) is 2.86. The van der Waals surface area contributed by atoms with E-state index in [4.69, 9.17) is 4.74 Å². The first-order valence-corrected chi connectivity index (χ1v) is 24.1. The first-order valence-electron chi connectivity index (χ1n) is 19.7. The van der Waals surface area contributed by atoms with Crippen LogP contribution in [0.4, 0.5) is 11.4 Å². The molecule has 17 heteroatoms. The second-order valence-corrected chi connectivity index (χ2v) is 20.0. The van der Waals surface area contributed by atoms with Gasteiger partial charge in [0.1, 0.15) is 26.8 Å². The highest BCUT2D eigenvalue weighted by atomic mass is 32.2. The number of nitrogens with zero attached hydrogens (tertiary/aromatic N) is 2. The summed E-state index contributed by atoms with van der Waals surface area (Å²) in [6, 6.07) is 16.8. The van der Waals surface area contributed by atoms with Gasteiger partial charge in [-0.1, -0.05) is 36.4 Å². The van der Waals surface area contributed by atoms with Gasteiger partial charge in [0.25, 0.3) is 0 Å². The predicted molar refractivity (Wildman–Crippen MR) is 225 cm³/mol. The molecule has 6 rings (SSSR count). The van der Waals surface area contributed by atoms with E-state index in [0.717, 1.165) is 33.8 Å². The van der Waals surface area contributed by atoms with Crippen molar-refractivity contribution < 1.29 is 58.1 Å². The van der Waals surface area contributed by atoms with Crippen molar-refractivity contribution in [2.75, 3.05) is 37.5 Å². The molecule has 14 nitrogen and oxygen atoms in total. The summed E-state index contributed by atoms with van der Waals surface area (Å²) in [6.45, 7) is 7.11. The van der Waals surface area contributed by atoms with Crippen molar-refractivity contribution in [2.45, 2.75) is 86.3 Å². The molecule has 0 bridgehead atoms. The van der Waals surface area contributed by atoms with Crippen molar-refractivity contribution in [3.63, 3.8) is 0 Å². The SMILES string of the molecule is CCN1C(=CC=CC2=[N+](CCCCCC(=O)O)c3ccc4c(S(=O)(=O)[O-])cc(S(=O)(=O)[O-])cc4c3C2(C)CCOC)C(C)(CCCS(=O)(=O)[O-])c2c1ccc1ccccc21. The van der Waals surface area contributed by atoms with Crippen LogP contribution in [0.25, 0.3) is 21.5 Å². The Morgan fingerprint density at radius 1 is 0.833 bits per heavy atom. The van der Waals surface area contributed by atoms with Gasteiger partial charge in [0.15, 0.2) is 5.71 Å². The number of benzene rings is 4. The highest BCUT2D eigenvalue weighted by Crippen LogP contribution is 2.53. The molecule has 1 N–H and O–H groups in total. The maximum atomic E-state index is 12.6. The number of allylic oxidation sites excluding steroid dienone is 4. The average Bonchev–Trinajstić information content (AvgIpc) is 3.55. The van der Waals surface area contributed by atoms with Crippen LogP contribution in [0.3, 0.4) is 0 Å². The minimum Gasteiger partial charge on any atom is -0.748 e. The molecule has 0 aliphatic carbocycles. The van der Waals surface area contributed by atoms with Gasteiger partial charge in [-0.3, -0.25) is 4.79 Å². The lowest BCUT2D eigenvalue weighted by Crippen LogP contribution is -2.33. The monoisotopic (exact) mass is 880 g/mol. The topological polar surface area (TPSA) is 224 Å². The number of rotatable bonds is 18. The number of hydrogen-bond acceptors (Lipinski definition) is 12. The van der Waals surface area contributed by atoms with E-state index in [-0.39, 0.29) is 30.2 Å². The van der Waals surface area contributed by atoms with Gasteiger partial charge in [0, 0.05) is 78.7 Å². The number of unbranched alkanes of at least 4 members (excludes halogenated alkanes) is 2. The van der Waals surface area contributed by atoms with Gasteiger partial charge in [-0.05, 0) is 105 Å². The van der Waals surface area contributed by atoms with Crippen molar-refractivity contribution in [3.8, 4) is 0 Å². The number of anilines is 1. The Bertz CT molecular complexity index is 2800. The summed E-state index contributed by atoms with van der Waals surface area (Å²) in [7, 11) is -13.4. The van der Waals surface area contributed by atoms with Gasteiger partial charge >= 0.3 is 5.97 Å². The van der Waals surface area contributed by atoms with Crippen LogP contribution in [0.15, 0.2) is 94.4 Å². The highest BCUT2D eigenvalue weighted by molar-refractivity contribution is 7.86. The van der Waals surface area contributed by atoms with Gasteiger partial charge in [-0.15, -0.1) is 0 Å². The Morgan fingerprint density at radius 3 is 2.22 bits per heavy atom. The van der Waals surface area contributed by atoms with E-state index in [1.807, 2.05) is 80.0 Å². The molecule has 2 aliphatic rings. The predicted octanol–water partition coefficient (Wildman–Crippen LogP) is 6.40. The van der Waals surface area contributed by atoms with Crippen LogP contribution >= 0.6 is 0 Å². The average molecular weight is 881 g/mol. The Labute approximate surface area is 351 Å². The third kappa shape index (κ3) is 8.80. The number of ether oxygens (including phenoxy) is 1. The number of hydrogen-bond donors (Lipinski definition) is 1. The minimum atomic E-state index is -5.26. The molecule has 0 aromatic heterocycles. The fourth-order valence-corrected chi connectivity index (χ4v) is 11.0. The molecule has 0 saturated heterocycles. The quantitative estimate of drug-likeness (QED) is 0.0649. The molecule has 2 heterocycles. The van der Waals surface area contributed by atoms with E-state index < -0.39 is 62.7 Å². The van der Waals surface area contributed by atoms with E-state index in [1.165, 1.54) is 13.2 Å². The van der Waals surface area contributed by atoms with Gasteiger partial charge in [-0.25, -0.2) is 25.3 Å². The fraction of sp³-hybridized carbons (Fsp3) is 0.395. The lowest BCUT2D eigenvalue weighted by Gasteiger charge is -2.30. The van der Waals surface area contributed by atoms with Crippen molar-refractivity contribution in [2.24, 2.45) is 0 Å². The lowest BCUT2D eigenvalue weighted by atomic mass is 9.74. The summed E-state index contributed by atoms with van der Waals surface area (Å²) < 4.78 is 118. The summed E-state index contributed by atoms with van der Waals surface area (Å²) in [6.07, 6.45) is 8.04. The molecule has 2 unspecified atom stereocenters. The van der Waals surface area contributed by atoms with E-state index in [2.05, 4.69) is 4.90 Å². The van der Waals surface area contributed by atoms with Crippen molar-refractivity contribution in [1.29, 1.82) is 0 Å². The van der Waals surface area contributed by atoms with Crippen molar-refractivity contribution in [3.05, 3.63) is 95.7 Å². The van der Waals surface area contributed by atoms with E-state index in [9.17, 15) is 48.8 Å². The second kappa shape index (κ2) is 17.1. The fourth-order valence-electron chi connectivity index (χ4n) is 9.19. The molecular formula is C43H48N2O12S3-2. The molecule has 0 amide bonds. The summed E-state index contributed by atoms with van der Waals surface area (Å²) in [5, 5.41) is 11.3. The normalized spacial score (nSPS) is 20.2. The number of fused-ring (bicyclic) bond motifs is 6. The smallest absolute Gasteiger partial charge is 0.303 e. The zero-order chi connectivity index (χ0) is 43.8. The lowest BCUT2D eigenvalue weighted by molar-refractivity contribution is -0.438. The molecule has 0 fully saturated rings. The van der Waals surface area contributed by atoms with Crippen LogP contribution in [0.1, 0.15) is 76.8 Å². The van der Waals surface area contributed by atoms with Crippen LogP contribution in [-0.2, 0) is 50.7 Å². The third-order valence-electron chi connectivity index (χ3n) is 11.9. The highest BCUT2D eigenvalue weighted by Gasteiger charge is 2.49. The summed E-state index contributed by atoms with van der Waals surface area (Å²) in [4.78, 5) is 11.7. The van der Waals surface area contributed by atoms with Gasteiger partial charge < -0.3 is 28.4 Å². The van der Waals surface area contributed by atoms with Gasteiger partial charge in [0.2, 0.25) is 5.69 Å². The molecule has 0 spiro atoms. The Kier molecular flexibility index (Phi) is 12.8. The largest absolute Gasteiger partial charge is 0.748 e. The maximum Gasteiger partial charge on any atom is 0.303 e. The van der Waals surface area contributed by atoms with Crippen molar-refractivity contribution >= 4 is 75.0 Å². The van der Waals surface area contributed by atoms with E-state index >= 15 is 0 Å². The van der Waals surface area contributed by atoms with Crippen LogP contribution in [-0.4, -0.2) is 92.8 Å². The van der Waals surface area contributed by atoms with E-state index in [1.54, 1.807) is 6.07 Å². The molecule has 60 heavy (non-hydrogen) atoms. The first kappa shape index (κ1) is 45.0. The molecule has 322 valence electrons. The van der Waals surface area contributed by atoms with Crippen LogP contribution in [0, 0.1) is 0 Å². The van der Waals surface area contributed by atoms with Gasteiger partial charge in [-0.2, -0.15) is 4.58 Å². The van der Waals surface area contributed by atoms with Crippen LogP contribution in [0.2, 0.25) is 0 Å². The van der Waals surface area contributed by atoms with Crippen LogP contribution < -0.4 is 4.90 Å². The zero-order valence-electron chi connectivity index (χ0n) is 33.8. The Morgan fingerprint density at radius 2 is 1.57 bits per heavy atom. The molecular weight excluding hydrogens is 833 g/mol. The van der Waals surface area contributed by atoms with Crippen molar-refractivity contribution in [1.82, 2.24) is 0 Å². The van der Waals surface area contributed by atoms with E-state index in [0.29, 0.717) is 68.2 Å². The molecule has 2 atom stereocenters. The third-order valence-corrected chi connectivity index (χ3v) is 14.4.